The predicted molar refractivity (Wildman–Crippen MR) is 89.0 cm³/mol. The number of piperazine rings is 1. The highest BCUT2D eigenvalue weighted by molar-refractivity contribution is 5.88. The summed E-state index contributed by atoms with van der Waals surface area (Å²) < 4.78 is 0. The van der Waals surface area contributed by atoms with Gasteiger partial charge in [-0.25, -0.2) is 4.79 Å². The summed E-state index contributed by atoms with van der Waals surface area (Å²) in [5, 5.41) is 2.93. The average Bonchev–Trinajstić information content (AvgIpc) is 2.57. The van der Waals surface area contributed by atoms with Gasteiger partial charge in [-0.15, -0.1) is 0 Å². The Morgan fingerprint density at radius 1 is 1.43 bits per heavy atom. The first-order valence-electron chi connectivity index (χ1n) is 8.31. The Morgan fingerprint density at radius 2 is 2.26 bits per heavy atom. The van der Waals surface area contributed by atoms with Crippen molar-refractivity contribution in [2.75, 3.05) is 26.7 Å². The van der Waals surface area contributed by atoms with E-state index in [1.54, 1.807) is 29.2 Å². The van der Waals surface area contributed by atoms with Gasteiger partial charge >= 0.3 is 6.03 Å². The zero-order valence-electron chi connectivity index (χ0n) is 14.0. The lowest BCUT2D eigenvalue weighted by Crippen LogP contribution is -2.59. The van der Waals surface area contributed by atoms with Crippen molar-refractivity contribution in [2.24, 2.45) is 0 Å². The molecule has 2 rings (SSSR count). The fourth-order valence-corrected chi connectivity index (χ4v) is 2.79. The van der Waals surface area contributed by atoms with Crippen LogP contribution in [0.5, 0.6) is 0 Å². The zero-order chi connectivity index (χ0) is 16.7. The molecular weight excluding hydrogens is 292 g/mol. The maximum Gasteiger partial charge on any atom is 0.318 e. The van der Waals surface area contributed by atoms with Gasteiger partial charge in [-0.05, 0) is 24.5 Å². The Kier molecular flexibility index (Phi) is 6.38. The van der Waals surface area contributed by atoms with E-state index in [1.807, 2.05) is 12.1 Å². The van der Waals surface area contributed by atoms with Crippen LogP contribution in [-0.2, 0) is 11.2 Å². The summed E-state index contributed by atoms with van der Waals surface area (Å²) in [6, 6.07) is 3.41. The van der Waals surface area contributed by atoms with Crippen molar-refractivity contribution in [3.05, 3.63) is 30.1 Å². The van der Waals surface area contributed by atoms with Crippen molar-refractivity contribution in [1.29, 1.82) is 0 Å². The van der Waals surface area contributed by atoms with Gasteiger partial charge < -0.3 is 15.1 Å². The molecule has 0 bridgehead atoms. The second-order valence-corrected chi connectivity index (χ2v) is 5.95. The molecule has 23 heavy (non-hydrogen) atoms. The highest BCUT2D eigenvalue weighted by Crippen LogP contribution is 2.16. The molecule has 0 spiro atoms. The lowest BCUT2D eigenvalue weighted by Gasteiger charge is -2.39. The molecular formula is C17H26N4O2. The van der Waals surface area contributed by atoms with E-state index in [0.29, 0.717) is 19.6 Å². The van der Waals surface area contributed by atoms with Crippen LogP contribution in [0.25, 0.3) is 0 Å². The number of urea groups is 1. The number of nitrogens with zero attached hydrogens (tertiary/aromatic N) is 3. The quantitative estimate of drug-likeness (QED) is 0.867. The first-order chi connectivity index (χ1) is 11.1. The van der Waals surface area contributed by atoms with Crippen LogP contribution >= 0.6 is 0 Å². The Morgan fingerprint density at radius 3 is 2.96 bits per heavy atom. The molecule has 0 unspecified atom stereocenters. The summed E-state index contributed by atoms with van der Waals surface area (Å²) in [4.78, 5) is 32.3. The summed E-state index contributed by atoms with van der Waals surface area (Å²) in [6.07, 6.45) is 6.97. The number of hydrogen-bond donors (Lipinski definition) is 1. The Labute approximate surface area is 137 Å². The highest BCUT2D eigenvalue weighted by Gasteiger charge is 2.35. The van der Waals surface area contributed by atoms with Crippen molar-refractivity contribution >= 4 is 11.9 Å². The van der Waals surface area contributed by atoms with Crippen LogP contribution in [0.2, 0.25) is 0 Å². The molecule has 0 radical (unpaired) electrons. The van der Waals surface area contributed by atoms with Gasteiger partial charge in [0.2, 0.25) is 5.91 Å². The first kappa shape index (κ1) is 17.2. The Bertz CT molecular complexity index is 521. The lowest BCUT2D eigenvalue weighted by atomic mass is 10.0. The lowest BCUT2D eigenvalue weighted by molar-refractivity contribution is -0.138. The summed E-state index contributed by atoms with van der Waals surface area (Å²) in [5.74, 6) is 0.0482. The third-order valence-corrected chi connectivity index (χ3v) is 4.22. The number of carbonyl (C=O) groups is 2. The minimum absolute atomic E-state index is 0.0482. The number of pyridine rings is 1. The molecule has 1 atom stereocenters. The minimum atomic E-state index is -0.327. The van der Waals surface area contributed by atoms with Crippen molar-refractivity contribution < 1.29 is 9.59 Å². The first-order valence-corrected chi connectivity index (χ1v) is 8.31. The summed E-state index contributed by atoms with van der Waals surface area (Å²) in [5.41, 5.74) is 1.09. The molecule has 1 aromatic heterocycles. The van der Waals surface area contributed by atoms with Crippen LogP contribution in [0.4, 0.5) is 4.79 Å². The average molecular weight is 318 g/mol. The van der Waals surface area contributed by atoms with Gasteiger partial charge in [-0.1, -0.05) is 25.8 Å². The maximum absolute atomic E-state index is 12.4. The largest absolute Gasteiger partial charge is 0.342 e. The normalized spacial score (nSPS) is 18.2. The topological polar surface area (TPSA) is 65.5 Å². The molecule has 1 aliphatic rings. The fourth-order valence-electron chi connectivity index (χ4n) is 2.79. The van der Waals surface area contributed by atoms with Crippen LogP contribution in [0.3, 0.4) is 0 Å². The highest BCUT2D eigenvalue weighted by atomic mass is 16.2. The number of nitrogens with one attached hydrogen (secondary N) is 1. The van der Waals surface area contributed by atoms with E-state index in [1.165, 1.54) is 0 Å². The van der Waals surface area contributed by atoms with Crippen molar-refractivity contribution in [2.45, 2.75) is 38.6 Å². The number of amides is 3. The van der Waals surface area contributed by atoms with E-state index < -0.39 is 0 Å². The van der Waals surface area contributed by atoms with E-state index in [2.05, 4.69) is 17.2 Å². The second-order valence-electron chi connectivity index (χ2n) is 5.95. The molecule has 1 N–H and O–H groups in total. The Hall–Kier alpha value is -2.11. The van der Waals surface area contributed by atoms with Crippen molar-refractivity contribution in [3.63, 3.8) is 0 Å². The van der Waals surface area contributed by atoms with E-state index in [-0.39, 0.29) is 18.0 Å². The summed E-state index contributed by atoms with van der Waals surface area (Å²) in [7, 11) is 1.80. The predicted octanol–water partition coefficient (Wildman–Crippen LogP) is 1.67. The van der Waals surface area contributed by atoms with Crippen LogP contribution in [0, 0.1) is 0 Å². The molecule has 126 valence electrons. The molecule has 6 heteroatoms. The fraction of sp³-hybridized carbons (Fsp3) is 0.588. The monoisotopic (exact) mass is 318 g/mol. The van der Waals surface area contributed by atoms with Crippen LogP contribution in [0.1, 0.15) is 31.7 Å². The molecule has 6 nitrogen and oxygen atoms in total. The van der Waals surface area contributed by atoms with Crippen LogP contribution in [-0.4, -0.2) is 59.4 Å². The molecule has 3 amide bonds. The molecule has 1 fully saturated rings. The third kappa shape index (κ3) is 4.68. The van der Waals surface area contributed by atoms with E-state index in [4.69, 9.17) is 0 Å². The van der Waals surface area contributed by atoms with Crippen molar-refractivity contribution in [1.82, 2.24) is 20.1 Å². The molecule has 2 heterocycles. The van der Waals surface area contributed by atoms with Crippen LogP contribution < -0.4 is 5.32 Å². The number of rotatable bonds is 6. The van der Waals surface area contributed by atoms with Crippen LogP contribution in [0.15, 0.2) is 24.5 Å². The zero-order valence-corrected chi connectivity index (χ0v) is 14.0. The van der Waals surface area contributed by atoms with E-state index in [0.717, 1.165) is 31.2 Å². The number of likely N-dealkylation sites (N-methyl/N-ethyl adjacent to an activating group) is 1. The summed E-state index contributed by atoms with van der Waals surface area (Å²) >= 11 is 0. The molecule has 1 aliphatic heterocycles. The molecule has 0 aromatic carbocycles. The second kappa shape index (κ2) is 8.50. The Balaban J connectivity index is 1.89. The molecule has 1 saturated heterocycles. The summed E-state index contributed by atoms with van der Waals surface area (Å²) in [6.45, 7) is 3.83. The van der Waals surface area contributed by atoms with Gasteiger partial charge in [-0.3, -0.25) is 9.78 Å². The minimum Gasteiger partial charge on any atom is -0.342 e. The number of unbranched alkanes of at least 4 members (excludes halogenated alkanes) is 1. The number of hydrogen-bond acceptors (Lipinski definition) is 3. The van der Waals surface area contributed by atoms with Gasteiger partial charge in [0.25, 0.3) is 0 Å². The molecule has 0 saturated carbocycles. The third-order valence-electron chi connectivity index (χ3n) is 4.22. The smallest absolute Gasteiger partial charge is 0.318 e. The maximum atomic E-state index is 12.4. The van der Waals surface area contributed by atoms with E-state index >= 15 is 0 Å². The molecule has 1 aromatic rings. The van der Waals surface area contributed by atoms with Gasteiger partial charge in [-0.2, -0.15) is 0 Å². The number of carbonyl (C=O) groups excluding carboxylic acids is 2. The van der Waals surface area contributed by atoms with Gasteiger partial charge in [0.05, 0.1) is 0 Å². The van der Waals surface area contributed by atoms with Gasteiger partial charge in [0.1, 0.15) is 6.04 Å². The SMILES string of the molecule is CCCC[C@H]1C(=O)N(C)CCN1C(=O)NCCc1cccnc1. The molecule has 0 aliphatic carbocycles. The van der Waals surface area contributed by atoms with Gasteiger partial charge in [0.15, 0.2) is 0 Å². The number of aromatic nitrogens is 1. The van der Waals surface area contributed by atoms with Gasteiger partial charge in [0, 0.05) is 39.1 Å². The van der Waals surface area contributed by atoms with E-state index in [9.17, 15) is 9.59 Å². The standard InChI is InChI=1S/C17H26N4O2/c1-3-4-7-15-16(22)20(2)11-12-21(15)17(23)19-10-8-14-6-5-9-18-13-14/h5-6,9,13,15H,3-4,7-8,10-12H2,1-2H3,(H,19,23)/t15-/m0/s1. The van der Waals surface area contributed by atoms with Crippen molar-refractivity contribution in [3.8, 4) is 0 Å².